The smallest absolute Gasteiger partial charge is 0.153 e. The van der Waals surface area contributed by atoms with Gasteiger partial charge in [0, 0.05) is 11.9 Å². The molecule has 2 rings (SSSR count). The van der Waals surface area contributed by atoms with Gasteiger partial charge in [-0.3, -0.25) is 5.84 Å². The number of hydrogen-bond acceptors (Lipinski definition) is 5. The second kappa shape index (κ2) is 6.51. The second-order valence-electron chi connectivity index (χ2n) is 3.99. The minimum atomic E-state index is -0.143. The summed E-state index contributed by atoms with van der Waals surface area (Å²) < 4.78 is 2.41. The van der Waals surface area contributed by atoms with Crippen LogP contribution in [0, 0.1) is 0 Å². The molecule has 0 aliphatic carbocycles. The first-order valence-electron chi connectivity index (χ1n) is 5.91. The standard InChI is InChI=1S/C12H16BrN5S/c1-3-19-9-6-4-8(5-7-9)10(15-14)11-12(13)16-17-18(11)2/h4-7,10,15H,3,14H2,1-2H3. The van der Waals surface area contributed by atoms with Crippen LogP contribution in [-0.2, 0) is 7.05 Å². The molecule has 0 fully saturated rings. The van der Waals surface area contributed by atoms with Crippen molar-refractivity contribution in [3.05, 3.63) is 40.1 Å². The zero-order valence-electron chi connectivity index (χ0n) is 10.8. The molecule has 0 aliphatic rings. The molecule has 0 saturated carbocycles. The highest BCUT2D eigenvalue weighted by Crippen LogP contribution is 2.27. The lowest BCUT2D eigenvalue weighted by Gasteiger charge is -2.17. The Labute approximate surface area is 125 Å². The van der Waals surface area contributed by atoms with Gasteiger partial charge in [-0.05, 0) is 39.4 Å². The molecule has 1 aromatic heterocycles. The molecule has 0 bridgehead atoms. The molecule has 1 heterocycles. The van der Waals surface area contributed by atoms with E-state index in [-0.39, 0.29) is 6.04 Å². The number of hydrogen-bond donors (Lipinski definition) is 2. The molecular formula is C12H16BrN5S. The van der Waals surface area contributed by atoms with Crippen molar-refractivity contribution < 1.29 is 0 Å². The molecule has 1 unspecified atom stereocenters. The van der Waals surface area contributed by atoms with E-state index in [0.29, 0.717) is 4.60 Å². The van der Waals surface area contributed by atoms with Gasteiger partial charge in [0.2, 0.25) is 0 Å². The van der Waals surface area contributed by atoms with Crippen LogP contribution in [0.4, 0.5) is 0 Å². The SMILES string of the molecule is CCSc1ccc(C(NN)c2c(Br)nnn2C)cc1. The highest BCUT2D eigenvalue weighted by Gasteiger charge is 2.20. The summed E-state index contributed by atoms with van der Waals surface area (Å²) in [5, 5.41) is 7.97. The summed E-state index contributed by atoms with van der Waals surface area (Å²) in [6, 6.07) is 8.20. The Balaban J connectivity index is 2.32. The topological polar surface area (TPSA) is 68.8 Å². The minimum absolute atomic E-state index is 0.143. The average molecular weight is 342 g/mol. The van der Waals surface area contributed by atoms with Gasteiger partial charge in [-0.15, -0.1) is 16.9 Å². The van der Waals surface area contributed by atoms with Gasteiger partial charge >= 0.3 is 0 Å². The predicted octanol–water partition coefficient (Wildman–Crippen LogP) is 2.24. The quantitative estimate of drug-likeness (QED) is 0.496. The van der Waals surface area contributed by atoms with Crippen molar-refractivity contribution in [2.75, 3.05) is 5.75 Å². The van der Waals surface area contributed by atoms with E-state index in [1.807, 2.05) is 18.8 Å². The largest absolute Gasteiger partial charge is 0.271 e. The maximum atomic E-state index is 5.69. The molecule has 0 spiro atoms. The summed E-state index contributed by atoms with van der Waals surface area (Å²) in [4.78, 5) is 1.25. The zero-order valence-corrected chi connectivity index (χ0v) is 13.2. The summed E-state index contributed by atoms with van der Waals surface area (Å²) in [6.07, 6.45) is 0. The lowest BCUT2D eigenvalue weighted by molar-refractivity contribution is 0.569. The predicted molar refractivity (Wildman–Crippen MR) is 80.7 cm³/mol. The van der Waals surface area contributed by atoms with Gasteiger partial charge in [0.15, 0.2) is 4.60 Å². The van der Waals surface area contributed by atoms with Crippen LogP contribution in [0.25, 0.3) is 0 Å². The molecule has 102 valence electrons. The highest BCUT2D eigenvalue weighted by molar-refractivity contribution is 9.10. The number of benzene rings is 1. The Kier molecular flexibility index (Phi) is 4.98. The Bertz CT molecular complexity index is 520. The van der Waals surface area contributed by atoms with Gasteiger partial charge in [-0.25, -0.2) is 10.1 Å². The molecule has 2 aromatic rings. The third-order valence-corrected chi connectivity index (χ3v) is 4.25. The van der Waals surface area contributed by atoms with Crippen molar-refractivity contribution in [1.29, 1.82) is 0 Å². The zero-order chi connectivity index (χ0) is 13.8. The number of nitrogens with zero attached hydrogens (tertiary/aromatic N) is 3. The molecule has 1 atom stereocenters. The van der Waals surface area contributed by atoms with Gasteiger partial charge in [-0.2, -0.15) is 0 Å². The maximum absolute atomic E-state index is 5.69. The molecule has 3 N–H and O–H groups in total. The first-order valence-corrected chi connectivity index (χ1v) is 7.69. The van der Waals surface area contributed by atoms with Crippen molar-refractivity contribution in [2.24, 2.45) is 12.9 Å². The van der Waals surface area contributed by atoms with E-state index in [1.165, 1.54) is 4.90 Å². The number of aryl methyl sites for hydroxylation is 1. The number of nitrogens with one attached hydrogen (secondary N) is 1. The van der Waals surface area contributed by atoms with Gasteiger partial charge in [0.1, 0.15) is 0 Å². The first kappa shape index (κ1) is 14.5. The minimum Gasteiger partial charge on any atom is -0.271 e. The fraction of sp³-hybridized carbons (Fsp3) is 0.333. The van der Waals surface area contributed by atoms with Crippen molar-refractivity contribution in [2.45, 2.75) is 17.9 Å². The van der Waals surface area contributed by atoms with Crippen molar-refractivity contribution >= 4 is 27.7 Å². The highest BCUT2D eigenvalue weighted by atomic mass is 79.9. The van der Waals surface area contributed by atoms with Crippen molar-refractivity contribution in [3.8, 4) is 0 Å². The van der Waals surface area contributed by atoms with E-state index in [1.54, 1.807) is 4.68 Å². The molecule has 0 amide bonds. The lowest BCUT2D eigenvalue weighted by Crippen LogP contribution is -2.30. The van der Waals surface area contributed by atoms with Crippen LogP contribution in [0.1, 0.15) is 24.2 Å². The number of rotatable bonds is 5. The molecular weight excluding hydrogens is 326 g/mol. The molecule has 0 saturated heterocycles. The summed E-state index contributed by atoms with van der Waals surface area (Å²) in [7, 11) is 1.85. The van der Waals surface area contributed by atoms with Gasteiger partial charge in [0.05, 0.1) is 11.7 Å². The number of halogens is 1. The van der Waals surface area contributed by atoms with Crippen LogP contribution in [0.2, 0.25) is 0 Å². The Morgan fingerprint density at radius 1 is 1.42 bits per heavy atom. The number of thioether (sulfide) groups is 1. The van der Waals surface area contributed by atoms with E-state index in [2.05, 4.69) is 62.9 Å². The second-order valence-corrected chi connectivity index (χ2v) is 6.08. The molecule has 1 aromatic carbocycles. The first-order chi connectivity index (χ1) is 9.17. The lowest BCUT2D eigenvalue weighted by atomic mass is 10.1. The average Bonchev–Trinajstić information content (AvgIpc) is 2.74. The van der Waals surface area contributed by atoms with Crippen molar-refractivity contribution in [1.82, 2.24) is 20.4 Å². The van der Waals surface area contributed by atoms with Crippen LogP contribution in [0.15, 0.2) is 33.8 Å². The number of hydrazine groups is 1. The van der Waals surface area contributed by atoms with E-state index < -0.39 is 0 Å². The van der Waals surface area contributed by atoms with Crippen molar-refractivity contribution in [3.63, 3.8) is 0 Å². The summed E-state index contributed by atoms with van der Waals surface area (Å²) in [5.41, 5.74) is 4.80. The van der Waals surface area contributed by atoms with E-state index in [0.717, 1.165) is 17.0 Å². The molecule has 0 radical (unpaired) electrons. The van der Waals surface area contributed by atoms with Crippen LogP contribution >= 0.6 is 27.7 Å². The molecule has 5 nitrogen and oxygen atoms in total. The number of nitrogens with two attached hydrogens (primary N) is 1. The Hall–Kier alpha value is -0.890. The Morgan fingerprint density at radius 2 is 2.11 bits per heavy atom. The third kappa shape index (κ3) is 3.17. The fourth-order valence-corrected chi connectivity index (χ4v) is 3.12. The molecule has 7 heteroatoms. The van der Waals surface area contributed by atoms with Gasteiger partial charge in [0.25, 0.3) is 0 Å². The Morgan fingerprint density at radius 3 is 2.58 bits per heavy atom. The van der Waals surface area contributed by atoms with Gasteiger partial charge in [-0.1, -0.05) is 24.3 Å². The molecule has 19 heavy (non-hydrogen) atoms. The van der Waals surface area contributed by atoms with Crippen LogP contribution < -0.4 is 11.3 Å². The monoisotopic (exact) mass is 341 g/mol. The third-order valence-electron chi connectivity index (χ3n) is 2.79. The van der Waals surface area contributed by atoms with E-state index in [4.69, 9.17) is 5.84 Å². The van der Waals surface area contributed by atoms with Crippen LogP contribution in [-0.4, -0.2) is 20.7 Å². The van der Waals surface area contributed by atoms with Gasteiger partial charge < -0.3 is 0 Å². The van der Waals surface area contributed by atoms with E-state index >= 15 is 0 Å². The summed E-state index contributed by atoms with van der Waals surface area (Å²) in [5.74, 6) is 6.75. The number of aromatic nitrogens is 3. The maximum Gasteiger partial charge on any atom is 0.153 e. The van der Waals surface area contributed by atoms with E-state index in [9.17, 15) is 0 Å². The fourth-order valence-electron chi connectivity index (χ4n) is 1.90. The summed E-state index contributed by atoms with van der Waals surface area (Å²) in [6.45, 7) is 2.14. The normalized spacial score (nSPS) is 12.6. The van der Waals surface area contributed by atoms with Crippen LogP contribution in [0.3, 0.4) is 0 Å². The van der Waals surface area contributed by atoms with Crippen LogP contribution in [0.5, 0.6) is 0 Å². The molecule has 0 aliphatic heterocycles. The summed E-state index contributed by atoms with van der Waals surface area (Å²) >= 11 is 5.22.